The second-order valence-electron chi connectivity index (χ2n) is 4.15. The molecule has 0 aromatic heterocycles. The lowest BCUT2D eigenvalue weighted by molar-refractivity contribution is 0.102. The van der Waals surface area contributed by atoms with Crippen molar-refractivity contribution < 1.29 is 4.79 Å². The fourth-order valence-electron chi connectivity index (χ4n) is 1.55. The zero-order valence-corrected chi connectivity index (χ0v) is 10.1. The van der Waals surface area contributed by atoms with E-state index in [2.05, 4.69) is 5.32 Å². The second kappa shape index (κ2) is 4.79. The Kier molecular flexibility index (Phi) is 3.19. The number of hydrogen-bond donors (Lipinski definition) is 3. The lowest BCUT2D eigenvalue weighted by Gasteiger charge is -2.07. The number of hydrogen-bond acceptors (Lipinski definition) is 3. The third kappa shape index (κ3) is 2.60. The standard InChI is InChI=1S/C14H15N3O/c1-9-2-3-10(8-13(9)16)14(18)17-12-6-4-11(15)5-7-12/h2-8H,15-16H2,1H3,(H,17,18). The van der Waals surface area contributed by atoms with Crippen molar-refractivity contribution in [3.8, 4) is 0 Å². The molecular weight excluding hydrogens is 226 g/mol. The minimum atomic E-state index is -0.188. The van der Waals surface area contributed by atoms with Crippen molar-refractivity contribution in [2.45, 2.75) is 6.92 Å². The molecule has 0 saturated carbocycles. The first kappa shape index (κ1) is 12.0. The molecule has 5 N–H and O–H groups in total. The van der Waals surface area contributed by atoms with Crippen LogP contribution < -0.4 is 16.8 Å². The third-order valence-electron chi connectivity index (χ3n) is 2.71. The normalized spacial score (nSPS) is 10.1. The van der Waals surface area contributed by atoms with Gasteiger partial charge in [0, 0.05) is 22.6 Å². The molecule has 0 saturated heterocycles. The molecule has 2 aromatic rings. The highest BCUT2D eigenvalue weighted by atomic mass is 16.1. The summed E-state index contributed by atoms with van der Waals surface area (Å²) in [6.07, 6.45) is 0. The zero-order chi connectivity index (χ0) is 13.1. The molecule has 0 unspecified atom stereocenters. The van der Waals surface area contributed by atoms with E-state index in [4.69, 9.17) is 11.5 Å². The van der Waals surface area contributed by atoms with E-state index in [-0.39, 0.29) is 5.91 Å². The SMILES string of the molecule is Cc1ccc(C(=O)Nc2ccc(N)cc2)cc1N. The van der Waals surface area contributed by atoms with E-state index >= 15 is 0 Å². The van der Waals surface area contributed by atoms with Gasteiger partial charge in [0.2, 0.25) is 0 Å². The summed E-state index contributed by atoms with van der Waals surface area (Å²) in [4.78, 5) is 12.0. The summed E-state index contributed by atoms with van der Waals surface area (Å²) in [6, 6.07) is 12.2. The number of nitrogens with one attached hydrogen (secondary N) is 1. The Labute approximate surface area is 106 Å². The Morgan fingerprint density at radius 3 is 2.33 bits per heavy atom. The third-order valence-corrected chi connectivity index (χ3v) is 2.71. The molecule has 0 radical (unpaired) electrons. The maximum atomic E-state index is 12.0. The Balaban J connectivity index is 2.16. The highest BCUT2D eigenvalue weighted by Gasteiger charge is 2.07. The number of benzene rings is 2. The summed E-state index contributed by atoms with van der Waals surface area (Å²) < 4.78 is 0. The molecule has 0 aliphatic rings. The molecule has 92 valence electrons. The second-order valence-corrected chi connectivity index (χ2v) is 4.15. The fraction of sp³-hybridized carbons (Fsp3) is 0.0714. The number of nitrogens with two attached hydrogens (primary N) is 2. The highest BCUT2D eigenvalue weighted by Crippen LogP contribution is 2.15. The van der Waals surface area contributed by atoms with Crippen molar-refractivity contribution in [3.63, 3.8) is 0 Å². The van der Waals surface area contributed by atoms with Gasteiger partial charge in [-0.2, -0.15) is 0 Å². The van der Waals surface area contributed by atoms with E-state index in [0.717, 1.165) is 5.56 Å². The van der Waals surface area contributed by atoms with Gasteiger partial charge >= 0.3 is 0 Å². The number of nitrogen functional groups attached to an aromatic ring is 2. The number of amides is 1. The van der Waals surface area contributed by atoms with E-state index < -0.39 is 0 Å². The molecule has 2 aromatic carbocycles. The molecule has 0 spiro atoms. The first-order valence-electron chi connectivity index (χ1n) is 5.59. The van der Waals surface area contributed by atoms with Crippen molar-refractivity contribution in [2.24, 2.45) is 0 Å². The van der Waals surface area contributed by atoms with E-state index in [9.17, 15) is 4.79 Å². The van der Waals surface area contributed by atoms with Crippen LogP contribution in [0.2, 0.25) is 0 Å². The fourth-order valence-corrected chi connectivity index (χ4v) is 1.55. The summed E-state index contributed by atoms with van der Waals surface area (Å²) in [5.41, 5.74) is 14.8. The number of aryl methyl sites for hydroxylation is 1. The summed E-state index contributed by atoms with van der Waals surface area (Å²) >= 11 is 0. The molecule has 4 heteroatoms. The van der Waals surface area contributed by atoms with Gasteiger partial charge in [-0.1, -0.05) is 6.07 Å². The maximum Gasteiger partial charge on any atom is 0.255 e. The summed E-state index contributed by atoms with van der Waals surface area (Å²) in [5, 5.41) is 2.78. The van der Waals surface area contributed by atoms with Crippen LogP contribution in [0.3, 0.4) is 0 Å². The molecule has 1 amide bonds. The smallest absolute Gasteiger partial charge is 0.255 e. The molecule has 0 heterocycles. The number of carbonyl (C=O) groups is 1. The van der Waals surface area contributed by atoms with Crippen LogP contribution in [0, 0.1) is 6.92 Å². The van der Waals surface area contributed by atoms with E-state index in [1.807, 2.05) is 13.0 Å². The zero-order valence-electron chi connectivity index (χ0n) is 10.1. The van der Waals surface area contributed by atoms with Gasteiger partial charge < -0.3 is 16.8 Å². The first-order valence-corrected chi connectivity index (χ1v) is 5.59. The van der Waals surface area contributed by atoms with Crippen LogP contribution in [-0.2, 0) is 0 Å². The number of anilines is 3. The highest BCUT2D eigenvalue weighted by molar-refractivity contribution is 6.04. The Bertz CT molecular complexity index is 576. The summed E-state index contributed by atoms with van der Waals surface area (Å²) in [7, 11) is 0. The Morgan fingerprint density at radius 1 is 1.06 bits per heavy atom. The van der Waals surface area contributed by atoms with Crippen LogP contribution in [0.15, 0.2) is 42.5 Å². The van der Waals surface area contributed by atoms with Gasteiger partial charge in [0.15, 0.2) is 0 Å². The molecule has 2 rings (SSSR count). The van der Waals surface area contributed by atoms with Crippen molar-refractivity contribution in [1.29, 1.82) is 0 Å². The van der Waals surface area contributed by atoms with Gasteiger partial charge in [-0.3, -0.25) is 4.79 Å². The van der Waals surface area contributed by atoms with E-state index in [0.29, 0.717) is 22.6 Å². The minimum Gasteiger partial charge on any atom is -0.399 e. The van der Waals surface area contributed by atoms with Crippen LogP contribution in [0.1, 0.15) is 15.9 Å². The van der Waals surface area contributed by atoms with Crippen LogP contribution in [-0.4, -0.2) is 5.91 Å². The van der Waals surface area contributed by atoms with Crippen molar-refractivity contribution in [1.82, 2.24) is 0 Å². The monoisotopic (exact) mass is 241 g/mol. The molecule has 0 fully saturated rings. The van der Waals surface area contributed by atoms with Gasteiger partial charge in [0.05, 0.1) is 0 Å². The first-order chi connectivity index (χ1) is 8.56. The molecule has 0 bridgehead atoms. The molecule has 18 heavy (non-hydrogen) atoms. The molecular formula is C14H15N3O. The van der Waals surface area contributed by atoms with Crippen molar-refractivity contribution in [2.75, 3.05) is 16.8 Å². The van der Waals surface area contributed by atoms with Crippen molar-refractivity contribution in [3.05, 3.63) is 53.6 Å². The largest absolute Gasteiger partial charge is 0.399 e. The van der Waals surface area contributed by atoms with Crippen LogP contribution in [0.25, 0.3) is 0 Å². The van der Waals surface area contributed by atoms with E-state index in [1.165, 1.54) is 0 Å². The van der Waals surface area contributed by atoms with Crippen molar-refractivity contribution >= 4 is 23.0 Å². The lowest BCUT2D eigenvalue weighted by atomic mass is 10.1. The molecule has 4 nitrogen and oxygen atoms in total. The minimum absolute atomic E-state index is 0.188. The quantitative estimate of drug-likeness (QED) is 0.706. The lowest BCUT2D eigenvalue weighted by Crippen LogP contribution is -2.12. The average molecular weight is 241 g/mol. The summed E-state index contributed by atoms with van der Waals surface area (Å²) in [6.45, 7) is 1.90. The topological polar surface area (TPSA) is 81.1 Å². The maximum absolute atomic E-state index is 12.0. The van der Waals surface area contributed by atoms with Gasteiger partial charge in [-0.25, -0.2) is 0 Å². The summed E-state index contributed by atoms with van der Waals surface area (Å²) in [5.74, 6) is -0.188. The van der Waals surface area contributed by atoms with Crippen LogP contribution >= 0.6 is 0 Å². The van der Waals surface area contributed by atoms with Gasteiger partial charge in [0.1, 0.15) is 0 Å². The molecule has 0 aliphatic carbocycles. The number of carbonyl (C=O) groups excluding carboxylic acids is 1. The number of rotatable bonds is 2. The molecule has 0 atom stereocenters. The Hall–Kier alpha value is -2.49. The van der Waals surface area contributed by atoms with Crippen LogP contribution in [0.4, 0.5) is 17.1 Å². The van der Waals surface area contributed by atoms with Gasteiger partial charge in [-0.15, -0.1) is 0 Å². The predicted molar refractivity (Wildman–Crippen MR) is 74.4 cm³/mol. The molecule has 0 aliphatic heterocycles. The van der Waals surface area contributed by atoms with Gasteiger partial charge in [-0.05, 0) is 48.9 Å². The average Bonchev–Trinajstić information content (AvgIpc) is 2.35. The Morgan fingerprint density at radius 2 is 1.72 bits per heavy atom. The van der Waals surface area contributed by atoms with Crippen LogP contribution in [0.5, 0.6) is 0 Å². The predicted octanol–water partition coefficient (Wildman–Crippen LogP) is 2.41. The van der Waals surface area contributed by atoms with Gasteiger partial charge in [0.25, 0.3) is 5.91 Å². The van der Waals surface area contributed by atoms with E-state index in [1.54, 1.807) is 36.4 Å².